The molecule has 1 atom stereocenters. The number of methoxy groups -OCH3 is 4. The number of benzene rings is 3. The van der Waals surface area contributed by atoms with Gasteiger partial charge in [-0.2, -0.15) is 0 Å². The first-order valence-electron chi connectivity index (χ1n) is 15.3. The molecule has 1 N–H and O–H groups in total. The van der Waals surface area contributed by atoms with Crippen molar-refractivity contribution >= 4 is 27.5 Å². The third kappa shape index (κ3) is 7.85. The van der Waals surface area contributed by atoms with Crippen LogP contribution in [0, 0.1) is 0 Å². The summed E-state index contributed by atoms with van der Waals surface area (Å²) in [5.41, 5.74) is 0.893. The summed E-state index contributed by atoms with van der Waals surface area (Å²) in [7, 11) is 1.30. The Morgan fingerprint density at radius 3 is 2.11 bits per heavy atom. The molecule has 12 heteroatoms. The SMILES string of the molecule is CCC(C(=O)NC1CCCC1)N(Cc1ccccc1)C(=O)CN(c1cc(OC)ccc1OC)S(=O)(=O)c1ccc(OC)c(OC)c1. The largest absolute Gasteiger partial charge is 0.497 e. The van der Waals surface area contributed by atoms with Crippen molar-refractivity contribution in [2.75, 3.05) is 39.3 Å². The summed E-state index contributed by atoms with van der Waals surface area (Å²) >= 11 is 0. The molecule has 11 nitrogen and oxygen atoms in total. The molecular weight excluding hydrogens is 610 g/mol. The maximum Gasteiger partial charge on any atom is 0.265 e. The van der Waals surface area contributed by atoms with Gasteiger partial charge >= 0.3 is 0 Å². The molecule has 1 unspecified atom stereocenters. The first-order valence-corrected chi connectivity index (χ1v) is 16.7. The highest BCUT2D eigenvalue weighted by molar-refractivity contribution is 7.92. The Morgan fingerprint density at radius 2 is 1.50 bits per heavy atom. The van der Waals surface area contributed by atoms with Gasteiger partial charge in [0.2, 0.25) is 11.8 Å². The predicted octanol–water partition coefficient (Wildman–Crippen LogP) is 4.78. The minimum Gasteiger partial charge on any atom is -0.497 e. The summed E-state index contributed by atoms with van der Waals surface area (Å²) in [5.74, 6) is 0.291. The van der Waals surface area contributed by atoms with Crippen molar-refractivity contribution < 1.29 is 37.0 Å². The number of sulfonamides is 1. The number of ether oxygens (including phenoxy) is 4. The van der Waals surface area contributed by atoms with Crippen LogP contribution in [-0.4, -0.2) is 72.2 Å². The number of nitrogens with one attached hydrogen (secondary N) is 1. The monoisotopic (exact) mass is 653 g/mol. The second-order valence-corrected chi connectivity index (χ2v) is 12.8. The third-order valence-electron chi connectivity index (χ3n) is 8.16. The van der Waals surface area contributed by atoms with E-state index in [2.05, 4.69) is 5.32 Å². The minimum absolute atomic E-state index is 0.0539. The van der Waals surface area contributed by atoms with E-state index in [0.717, 1.165) is 35.6 Å². The smallest absolute Gasteiger partial charge is 0.265 e. The van der Waals surface area contributed by atoms with Gasteiger partial charge in [0.25, 0.3) is 10.0 Å². The van der Waals surface area contributed by atoms with Crippen LogP contribution in [-0.2, 0) is 26.2 Å². The Balaban J connectivity index is 1.81. The quantitative estimate of drug-likeness (QED) is 0.249. The summed E-state index contributed by atoms with van der Waals surface area (Å²) < 4.78 is 51.6. The molecule has 3 aromatic rings. The Kier molecular flexibility index (Phi) is 11.8. The van der Waals surface area contributed by atoms with E-state index in [1.807, 2.05) is 37.3 Å². The van der Waals surface area contributed by atoms with Crippen molar-refractivity contribution in [3.8, 4) is 23.0 Å². The molecule has 1 saturated carbocycles. The molecule has 0 aliphatic heterocycles. The lowest BCUT2D eigenvalue weighted by molar-refractivity contribution is -0.140. The van der Waals surface area contributed by atoms with Gasteiger partial charge in [-0.05, 0) is 49.1 Å². The minimum atomic E-state index is -4.43. The molecule has 0 saturated heterocycles. The summed E-state index contributed by atoms with van der Waals surface area (Å²) in [4.78, 5) is 29.4. The summed E-state index contributed by atoms with van der Waals surface area (Å²) in [5, 5.41) is 3.12. The molecule has 46 heavy (non-hydrogen) atoms. The van der Waals surface area contributed by atoms with Gasteiger partial charge in [-0.3, -0.25) is 13.9 Å². The van der Waals surface area contributed by atoms with Crippen LogP contribution in [0.3, 0.4) is 0 Å². The average molecular weight is 654 g/mol. The zero-order valence-corrected chi connectivity index (χ0v) is 27.8. The fourth-order valence-corrected chi connectivity index (χ4v) is 7.11. The summed E-state index contributed by atoms with van der Waals surface area (Å²) in [6, 6.07) is 17.4. The van der Waals surface area contributed by atoms with Gasteiger partial charge in [-0.25, -0.2) is 8.42 Å². The van der Waals surface area contributed by atoms with Gasteiger partial charge in [0, 0.05) is 24.7 Å². The number of hydrogen-bond donors (Lipinski definition) is 1. The molecule has 0 radical (unpaired) electrons. The lowest BCUT2D eigenvalue weighted by atomic mass is 10.1. The molecule has 1 aliphatic rings. The van der Waals surface area contributed by atoms with E-state index in [-0.39, 0.29) is 40.6 Å². The van der Waals surface area contributed by atoms with Crippen LogP contribution >= 0.6 is 0 Å². The number of rotatable bonds is 15. The summed E-state index contributed by atoms with van der Waals surface area (Å²) in [6.07, 6.45) is 4.20. The maximum atomic E-state index is 14.5. The number of amides is 2. The molecule has 4 rings (SSSR count). The Bertz CT molecular complexity index is 1590. The lowest BCUT2D eigenvalue weighted by Crippen LogP contribution is -2.53. The topological polar surface area (TPSA) is 124 Å². The van der Waals surface area contributed by atoms with Crippen LogP contribution < -0.4 is 28.6 Å². The van der Waals surface area contributed by atoms with Gasteiger partial charge in [-0.15, -0.1) is 0 Å². The average Bonchev–Trinajstić information content (AvgIpc) is 3.59. The Hall–Kier alpha value is -4.45. The second kappa shape index (κ2) is 15.7. The van der Waals surface area contributed by atoms with Gasteiger partial charge in [-0.1, -0.05) is 50.1 Å². The lowest BCUT2D eigenvalue weighted by Gasteiger charge is -2.34. The van der Waals surface area contributed by atoms with Crippen LogP contribution in [0.5, 0.6) is 23.0 Å². The van der Waals surface area contributed by atoms with Crippen molar-refractivity contribution in [3.63, 3.8) is 0 Å². The fourth-order valence-electron chi connectivity index (χ4n) is 5.68. The first-order chi connectivity index (χ1) is 22.2. The van der Waals surface area contributed by atoms with Crippen LogP contribution in [0.25, 0.3) is 0 Å². The molecule has 1 fully saturated rings. The zero-order valence-electron chi connectivity index (χ0n) is 27.0. The number of carbonyl (C=O) groups is 2. The number of anilines is 1. The van der Waals surface area contributed by atoms with Crippen molar-refractivity contribution in [1.29, 1.82) is 0 Å². The summed E-state index contributed by atoms with van der Waals surface area (Å²) in [6.45, 7) is 1.32. The highest BCUT2D eigenvalue weighted by atomic mass is 32.2. The van der Waals surface area contributed by atoms with E-state index in [0.29, 0.717) is 17.9 Å². The molecule has 1 aliphatic carbocycles. The predicted molar refractivity (Wildman–Crippen MR) is 175 cm³/mol. The normalized spacial score (nSPS) is 13.8. The molecule has 248 valence electrons. The second-order valence-electron chi connectivity index (χ2n) is 11.0. The van der Waals surface area contributed by atoms with Gasteiger partial charge < -0.3 is 29.2 Å². The fraction of sp³-hybridized carbons (Fsp3) is 0.412. The first kappa shape index (κ1) is 34.4. The van der Waals surface area contributed by atoms with Crippen molar-refractivity contribution in [1.82, 2.24) is 10.2 Å². The van der Waals surface area contributed by atoms with Crippen molar-refractivity contribution in [2.45, 2.75) is 62.6 Å². The maximum absolute atomic E-state index is 14.5. The molecular formula is C34H43N3O8S. The van der Waals surface area contributed by atoms with E-state index in [9.17, 15) is 18.0 Å². The van der Waals surface area contributed by atoms with Crippen LogP contribution in [0.4, 0.5) is 5.69 Å². The standard InChI is InChI=1S/C34H43N3O8S/c1-6-28(34(39)35-25-14-10-11-15-25)36(22-24-12-8-7-9-13-24)33(38)23-37(29-20-26(42-2)16-18-30(29)43-3)46(40,41)27-17-19-31(44-4)32(21-27)45-5/h7-9,12-13,16-21,25,28H,6,10-11,14-15,22-23H2,1-5H3,(H,35,39). The number of carbonyl (C=O) groups excluding carboxylic acids is 2. The van der Waals surface area contributed by atoms with Crippen LogP contribution in [0.15, 0.2) is 71.6 Å². The molecule has 0 bridgehead atoms. The van der Waals surface area contributed by atoms with Crippen molar-refractivity contribution in [2.24, 2.45) is 0 Å². The van der Waals surface area contributed by atoms with Gasteiger partial charge in [0.05, 0.1) is 39.0 Å². The zero-order chi connectivity index (χ0) is 33.3. The van der Waals surface area contributed by atoms with Gasteiger partial charge in [0.15, 0.2) is 11.5 Å². The van der Waals surface area contributed by atoms with Gasteiger partial charge in [0.1, 0.15) is 24.1 Å². The van der Waals surface area contributed by atoms with E-state index in [1.165, 1.54) is 57.6 Å². The van der Waals surface area contributed by atoms with E-state index >= 15 is 0 Å². The van der Waals surface area contributed by atoms with E-state index in [4.69, 9.17) is 18.9 Å². The molecule has 2 amide bonds. The van der Waals surface area contributed by atoms with E-state index in [1.54, 1.807) is 12.1 Å². The Labute approximate surface area is 271 Å². The number of hydrogen-bond acceptors (Lipinski definition) is 8. The van der Waals surface area contributed by atoms with Crippen LogP contribution in [0.2, 0.25) is 0 Å². The van der Waals surface area contributed by atoms with Crippen molar-refractivity contribution in [3.05, 3.63) is 72.3 Å². The van der Waals surface area contributed by atoms with Crippen LogP contribution in [0.1, 0.15) is 44.6 Å². The Morgan fingerprint density at radius 1 is 0.848 bits per heavy atom. The molecule has 3 aromatic carbocycles. The molecule has 0 aromatic heterocycles. The highest BCUT2D eigenvalue weighted by Gasteiger charge is 2.36. The third-order valence-corrected chi connectivity index (χ3v) is 9.92. The number of nitrogens with zero attached hydrogens (tertiary/aromatic N) is 2. The highest BCUT2D eigenvalue weighted by Crippen LogP contribution is 2.38. The molecule has 0 spiro atoms. The molecule has 0 heterocycles. The van der Waals surface area contributed by atoms with E-state index < -0.39 is 28.5 Å².